The van der Waals surface area contributed by atoms with Crippen LogP contribution in [-0.2, 0) is 29.2 Å². The number of piperazine rings is 1. The summed E-state index contributed by atoms with van der Waals surface area (Å²) >= 11 is 6.03. The van der Waals surface area contributed by atoms with Crippen LogP contribution in [0.1, 0.15) is 24.8 Å². The van der Waals surface area contributed by atoms with Crippen LogP contribution in [0.3, 0.4) is 0 Å². The predicted molar refractivity (Wildman–Crippen MR) is 150 cm³/mol. The molecule has 8 nitrogen and oxygen atoms in total. The lowest BCUT2D eigenvalue weighted by Crippen LogP contribution is -2.58. The second-order valence-corrected chi connectivity index (χ2v) is 16.6. The molecule has 0 amide bonds. The first-order valence-electron chi connectivity index (χ1n) is 13.7. The molecule has 3 heterocycles. The van der Waals surface area contributed by atoms with Crippen LogP contribution in [-0.4, -0.2) is 96.7 Å². The van der Waals surface area contributed by atoms with Crippen molar-refractivity contribution in [2.45, 2.75) is 34.5 Å². The van der Waals surface area contributed by atoms with Gasteiger partial charge in [0.05, 0.1) is 39.6 Å². The van der Waals surface area contributed by atoms with E-state index < -0.39 is 52.8 Å². The van der Waals surface area contributed by atoms with Crippen molar-refractivity contribution in [3.63, 3.8) is 0 Å². The molecule has 2 aromatic rings. The lowest BCUT2D eigenvalue weighted by molar-refractivity contribution is -0.0747. The van der Waals surface area contributed by atoms with E-state index in [0.717, 1.165) is 38.3 Å². The SMILES string of the molecule is CN1CCN(CCS(=O)(=O)CC[C@@]23C[C@]24COc2c(F)ccc(F)c2[C@]4(S(=O)(=O)c2ccc(Cl)cc2)CCO3)CC1. The summed E-state index contributed by atoms with van der Waals surface area (Å²) in [5.74, 6) is -2.40. The van der Waals surface area contributed by atoms with E-state index >= 15 is 8.78 Å². The van der Waals surface area contributed by atoms with Gasteiger partial charge in [-0.1, -0.05) is 11.6 Å². The van der Waals surface area contributed by atoms with Crippen LogP contribution in [0.2, 0.25) is 5.02 Å². The van der Waals surface area contributed by atoms with Crippen molar-refractivity contribution in [3.05, 3.63) is 58.6 Å². The van der Waals surface area contributed by atoms with Crippen LogP contribution in [0.25, 0.3) is 0 Å². The summed E-state index contributed by atoms with van der Waals surface area (Å²) in [6, 6.07) is 7.42. The number of sulfone groups is 2. The number of ether oxygens (including phenoxy) is 2. The number of nitrogens with zero attached hydrogens (tertiary/aromatic N) is 2. The average Bonchev–Trinajstić information content (AvgIpc) is 3.62. The third-order valence-electron chi connectivity index (χ3n) is 9.58. The number of benzene rings is 2. The molecule has 0 radical (unpaired) electrons. The number of rotatable bonds is 8. The molecule has 1 spiro atoms. The van der Waals surface area contributed by atoms with Crippen LogP contribution < -0.4 is 4.74 Å². The fraction of sp³-hybridized carbons (Fsp3) is 0.571. The Kier molecular flexibility index (Phi) is 7.22. The van der Waals surface area contributed by atoms with Gasteiger partial charge in [-0.25, -0.2) is 25.6 Å². The predicted octanol–water partition coefficient (Wildman–Crippen LogP) is 3.28. The van der Waals surface area contributed by atoms with Crippen molar-refractivity contribution >= 4 is 31.3 Å². The highest BCUT2D eigenvalue weighted by Gasteiger charge is 2.85. The number of fused-ring (bicyclic) bond motifs is 2. The maximum absolute atomic E-state index is 15.7. The van der Waals surface area contributed by atoms with Gasteiger partial charge in [0.25, 0.3) is 0 Å². The van der Waals surface area contributed by atoms with E-state index in [1.165, 1.54) is 24.3 Å². The summed E-state index contributed by atoms with van der Waals surface area (Å²) in [4.78, 5) is 4.24. The number of hydrogen-bond acceptors (Lipinski definition) is 8. The summed E-state index contributed by atoms with van der Waals surface area (Å²) in [5.41, 5.74) is -2.82. The molecule has 3 fully saturated rings. The zero-order chi connectivity index (χ0) is 29.3. The van der Waals surface area contributed by atoms with Crippen LogP contribution in [0, 0.1) is 17.0 Å². The summed E-state index contributed by atoms with van der Waals surface area (Å²) < 4.78 is 96.2. The molecule has 1 aliphatic carbocycles. The van der Waals surface area contributed by atoms with Crippen molar-refractivity contribution in [1.82, 2.24) is 9.80 Å². The monoisotopic (exact) mass is 630 g/mol. The van der Waals surface area contributed by atoms with Crippen LogP contribution in [0.15, 0.2) is 41.3 Å². The fourth-order valence-electron chi connectivity index (χ4n) is 7.18. The summed E-state index contributed by atoms with van der Waals surface area (Å²) in [7, 11) is -5.85. The lowest BCUT2D eigenvalue weighted by atomic mass is 9.74. The first-order chi connectivity index (χ1) is 19.4. The first kappa shape index (κ1) is 29.3. The van der Waals surface area contributed by atoms with Gasteiger partial charge in [0.2, 0.25) is 0 Å². The molecule has 1 saturated carbocycles. The van der Waals surface area contributed by atoms with Crippen LogP contribution in [0.5, 0.6) is 5.75 Å². The van der Waals surface area contributed by atoms with Crippen molar-refractivity contribution in [3.8, 4) is 5.75 Å². The molecule has 0 unspecified atom stereocenters. The summed E-state index contributed by atoms with van der Waals surface area (Å²) in [6.45, 7) is 3.47. The number of halogens is 3. The smallest absolute Gasteiger partial charge is 0.189 e. The topological polar surface area (TPSA) is 93.2 Å². The number of hydrogen-bond donors (Lipinski definition) is 0. The Morgan fingerprint density at radius 3 is 2.34 bits per heavy atom. The normalized spacial score (nSPS) is 30.1. The Bertz CT molecular complexity index is 1570. The molecule has 3 aliphatic heterocycles. The van der Waals surface area contributed by atoms with E-state index in [2.05, 4.69) is 9.80 Å². The van der Waals surface area contributed by atoms with E-state index in [0.29, 0.717) is 11.6 Å². The van der Waals surface area contributed by atoms with Crippen molar-refractivity contribution in [2.75, 3.05) is 64.5 Å². The zero-order valence-corrected chi connectivity index (χ0v) is 25.1. The molecule has 2 aromatic carbocycles. The van der Waals surface area contributed by atoms with E-state index in [1.54, 1.807) is 0 Å². The molecular weight excluding hydrogens is 598 g/mol. The molecule has 0 bridgehead atoms. The maximum Gasteiger partial charge on any atom is 0.189 e. The first-order valence-corrected chi connectivity index (χ1v) is 17.4. The van der Waals surface area contributed by atoms with Gasteiger partial charge in [-0.15, -0.1) is 0 Å². The fourth-order valence-corrected chi connectivity index (χ4v) is 11.2. The molecule has 2 saturated heterocycles. The second kappa shape index (κ2) is 10.1. The van der Waals surface area contributed by atoms with E-state index in [-0.39, 0.29) is 54.4 Å². The van der Waals surface area contributed by atoms with Crippen molar-refractivity contribution in [2.24, 2.45) is 5.41 Å². The molecule has 224 valence electrons. The molecule has 6 rings (SSSR count). The Hall–Kier alpha value is -1.83. The Morgan fingerprint density at radius 2 is 1.63 bits per heavy atom. The van der Waals surface area contributed by atoms with E-state index in [9.17, 15) is 16.8 Å². The van der Waals surface area contributed by atoms with Gasteiger partial charge in [0.15, 0.2) is 31.2 Å². The van der Waals surface area contributed by atoms with Crippen molar-refractivity contribution < 1.29 is 35.1 Å². The average molecular weight is 631 g/mol. The quantitative estimate of drug-likeness (QED) is 0.439. The minimum atomic E-state index is -4.38. The molecule has 0 aromatic heterocycles. The lowest BCUT2D eigenvalue weighted by Gasteiger charge is -2.50. The van der Waals surface area contributed by atoms with Gasteiger partial charge in [0.1, 0.15) is 10.6 Å². The molecule has 3 atom stereocenters. The van der Waals surface area contributed by atoms with Crippen LogP contribution in [0.4, 0.5) is 8.78 Å². The van der Waals surface area contributed by atoms with E-state index in [4.69, 9.17) is 21.1 Å². The Balaban J connectivity index is 1.35. The Morgan fingerprint density at radius 1 is 0.951 bits per heavy atom. The molecular formula is C28H33ClF2N2O6S2. The third kappa shape index (κ3) is 4.51. The Labute approximate surface area is 244 Å². The second-order valence-electron chi connectivity index (χ2n) is 11.7. The summed E-state index contributed by atoms with van der Waals surface area (Å²) in [6.07, 6.45) is 0.0500. The van der Waals surface area contributed by atoms with Gasteiger partial charge in [0, 0.05) is 44.4 Å². The number of likely N-dealkylation sites (N-methyl/N-ethyl adjacent to an activating group) is 1. The standard InChI is InChI=1S/C28H33ClF2N2O6S2/c1-32-10-12-33(13-11-32)14-17-40(34,35)16-9-27-18-26(27)19-38-25-23(31)7-6-22(30)24(25)28(26,8-15-39-27)41(36,37)21-4-2-20(29)3-5-21/h2-7H,8-19H2,1H3/t26-,27+,28+/m0/s1. The van der Waals surface area contributed by atoms with Gasteiger partial charge in [-0.2, -0.15) is 0 Å². The third-order valence-corrected chi connectivity index (χ3v) is 14.1. The molecule has 4 aliphatic rings. The van der Waals surface area contributed by atoms with Gasteiger partial charge < -0.3 is 14.4 Å². The van der Waals surface area contributed by atoms with Gasteiger partial charge in [-0.05, 0) is 62.7 Å². The van der Waals surface area contributed by atoms with E-state index in [1.807, 2.05) is 7.05 Å². The van der Waals surface area contributed by atoms with Gasteiger partial charge >= 0.3 is 0 Å². The largest absolute Gasteiger partial charge is 0.489 e. The van der Waals surface area contributed by atoms with Crippen LogP contribution >= 0.6 is 11.6 Å². The zero-order valence-electron chi connectivity index (χ0n) is 22.7. The minimum Gasteiger partial charge on any atom is -0.489 e. The molecule has 0 N–H and O–H groups in total. The van der Waals surface area contributed by atoms with Gasteiger partial charge in [-0.3, -0.25) is 4.90 Å². The molecule has 13 heteroatoms. The maximum atomic E-state index is 15.7. The highest BCUT2D eigenvalue weighted by atomic mass is 35.5. The minimum absolute atomic E-state index is 0.0207. The highest BCUT2D eigenvalue weighted by Crippen LogP contribution is 2.77. The molecule has 41 heavy (non-hydrogen) atoms. The summed E-state index contributed by atoms with van der Waals surface area (Å²) in [5, 5.41) is 0.329. The van der Waals surface area contributed by atoms with Crippen molar-refractivity contribution in [1.29, 1.82) is 0 Å². The highest BCUT2D eigenvalue weighted by molar-refractivity contribution is 7.92.